The van der Waals surface area contributed by atoms with Gasteiger partial charge in [0.1, 0.15) is 0 Å². The number of hydrogen-bond acceptors (Lipinski definition) is 5. The lowest BCUT2D eigenvalue weighted by Gasteiger charge is -1.96. The topological polar surface area (TPSA) is 61.6 Å². The number of aromatic nitrogens is 1. The molecule has 5 heteroatoms. The molecule has 0 aromatic carbocycles. The van der Waals surface area contributed by atoms with Crippen molar-refractivity contribution in [1.82, 2.24) is 4.98 Å². The standard InChI is InChI=1S/C12H19NO4/c1-4-6-9-11(12(14)16-3)17-10(13-9)7-5-8-15-2/h4-8H2,1-3H3. The molecule has 0 saturated heterocycles. The average molecular weight is 241 g/mol. The van der Waals surface area contributed by atoms with E-state index in [1.165, 1.54) is 7.11 Å². The van der Waals surface area contributed by atoms with Gasteiger partial charge in [0.15, 0.2) is 5.89 Å². The first kappa shape index (κ1) is 13.7. The van der Waals surface area contributed by atoms with Gasteiger partial charge in [0.2, 0.25) is 5.76 Å². The zero-order chi connectivity index (χ0) is 12.7. The van der Waals surface area contributed by atoms with E-state index in [1.54, 1.807) is 7.11 Å². The van der Waals surface area contributed by atoms with Crippen molar-refractivity contribution in [2.75, 3.05) is 20.8 Å². The van der Waals surface area contributed by atoms with Crippen LogP contribution in [0.4, 0.5) is 0 Å². The Morgan fingerprint density at radius 3 is 2.71 bits per heavy atom. The molecule has 0 fully saturated rings. The van der Waals surface area contributed by atoms with Gasteiger partial charge < -0.3 is 13.9 Å². The molecule has 0 aliphatic carbocycles. The highest BCUT2D eigenvalue weighted by atomic mass is 16.5. The lowest BCUT2D eigenvalue weighted by Crippen LogP contribution is -2.03. The van der Waals surface area contributed by atoms with Crippen LogP contribution >= 0.6 is 0 Å². The molecule has 17 heavy (non-hydrogen) atoms. The molecule has 0 atom stereocenters. The molecule has 96 valence electrons. The Hall–Kier alpha value is -1.36. The maximum Gasteiger partial charge on any atom is 0.375 e. The number of nitrogens with zero attached hydrogens (tertiary/aromatic N) is 1. The Morgan fingerprint density at radius 2 is 2.12 bits per heavy atom. The molecular formula is C12H19NO4. The van der Waals surface area contributed by atoms with E-state index in [9.17, 15) is 4.79 Å². The summed E-state index contributed by atoms with van der Waals surface area (Å²) in [6.45, 7) is 2.68. The summed E-state index contributed by atoms with van der Waals surface area (Å²) in [6.07, 6.45) is 3.12. The Balaban J connectivity index is 2.76. The molecule has 0 N–H and O–H groups in total. The zero-order valence-corrected chi connectivity index (χ0v) is 10.6. The summed E-state index contributed by atoms with van der Waals surface area (Å²) in [7, 11) is 2.99. The Labute approximate surface area is 101 Å². The molecular weight excluding hydrogens is 222 g/mol. The summed E-state index contributed by atoms with van der Waals surface area (Å²) in [5.41, 5.74) is 0.687. The van der Waals surface area contributed by atoms with Crippen LogP contribution < -0.4 is 0 Å². The second kappa shape index (κ2) is 7.06. The van der Waals surface area contributed by atoms with Crippen LogP contribution in [0.3, 0.4) is 0 Å². The van der Waals surface area contributed by atoms with Crippen molar-refractivity contribution in [3.05, 3.63) is 17.3 Å². The summed E-state index contributed by atoms with van der Waals surface area (Å²) in [6, 6.07) is 0. The second-order valence-electron chi connectivity index (χ2n) is 3.72. The van der Waals surface area contributed by atoms with Crippen LogP contribution in [0, 0.1) is 0 Å². The Morgan fingerprint density at radius 1 is 1.35 bits per heavy atom. The van der Waals surface area contributed by atoms with Gasteiger partial charge in [-0.15, -0.1) is 0 Å². The third-order valence-corrected chi connectivity index (χ3v) is 2.34. The molecule has 0 saturated carbocycles. The SMILES string of the molecule is CCCc1nc(CCCOC)oc1C(=O)OC. The molecule has 0 bridgehead atoms. The number of carbonyl (C=O) groups is 1. The van der Waals surface area contributed by atoms with Crippen LogP contribution in [0.1, 0.15) is 41.9 Å². The molecule has 1 aromatic heterocycles. The van der Waals surface area contributed by atoms with Crippen molar-refractivity contribution in [2.24, 2.45) is 0 Å². The van der Waals surface area contributed by atoms with E-state index in [0.29, 0.717) is 24.6 Å². The smallest absolute Gasteiger partial charge is 0.375 e. The summed E-state index contributed by atoms with van der Waals surface area (Å²) >= 11 is 0. The molecule has 1 aromatic rings. The highest BCUT2D eigenvalue weighted by Gasteiger charge is 2.19. The monoisotopic (exact) mass is 241 g/mol. The zero-order valence-electron chi connectivity index (χ0n) is 10.6. The molecule has 5 nitrogen and oxygen atoms in total. The van der Waals surface area contributed by atoms with E-state index in [0.717, 1.165) is 19.3 Å². The first-order valence-corrected chi connectivity index (χ1v) is 5.78. The number of methoxy groups -OCH3 is 2. The van der Waals surface area contributed by atoms with Crippen molar-refractivity contribution >= 4 is 5.97 Å². The van der Waals surface area contributed by atoms with Gasteiger partial charge in [-0.05, 0) is 12.8 Å². The molecule has 1 heterocycles. The number of ether oxygens (including phenoxy) is 2. The highest BCUT2D eigenvalue weighted by molar-refractivity contribution is 5.87. The fraction of sp³-hybridized carbons (Fsp3) is 0.667. The van der Waals surface area contributed by atoms with E-state index in [1.807, 2.05) is 6.92 Å². The lowest BCUT2D eigenvalue weighted by atomic mass is 10.2. The van der Waals surface area contributed by atoms with Crippen molar-refractivity contribution in [1.29, 1.82) is 0 Å². The Bertz CT molecular complexity index is 359. The number of esters is 1. The minimum Gasteiger partial charge on any atom is -0.463 e. The predicted molar refractivity (Wildman–Crippen MR) is 62.0 cm³/mol. The van der Waals surface area contributed by atoms with Crippen LogP contribution in [0.5, 0.6) is 0 Å². The average Bonchev–Trinajstić information content (AvgIpc) is 2.72. The van der Waals surface area contributed by atoms with E-state index in [2.05, 4.69) is 9.72 Å². The molecule has 0 unspecified atom stereocenters. The van der Waals surface area contributed by atoms with E-state index >= 15 is 0 Å². The molecule has 1 rings (SSSR count). The second-order valence-corrected chi connectivity index (χ2v) is 3.72. The third kappa shape index (κ3) is 3.85. The first-order chi connectivity index (χ1) is 8.22. The van der Waals surface area contributed by atoms with Crippen LogP contribution in [-0.4, -0.2) is 31.8 Å². The van der Waals surface area contributed by atoms with Gasteiger partial charge in [0, 0.05) is 20.1 Å². The minimum absolute atomic E-state index is 0.238. The summed E-state index contributed by atoms with van der Waals surface area (Å²) in [5.74, 6) is 0.353. The number of aryl methyl sites for hydroxylation is 2. The van der Waals surface area contributed by atoms with Gasteiger partial charge in [0.05, 0.1) is 12.8 Å². The fourth-order valence-corrected chi connectivity index (χ4v) is 1.53. The summed E-state index contributed by atoms with van der Waals surface area (Å²) < 4.78 is 15.0. The summed E-state index contributed by atoms with van der Waals surface area (Å²) in [5, 5.41) is 0. The van der Waals surface area contributed by atoms with E-state index in [-0.39, 0.29) is 5.76 Å². The largest absolute Gasteiger partial charge is 0.463 e. The van der Waals surface area contributed by atoms with Crippen molar-refractivity contribution in [3.8, 4) is 0 Å². The maximum atomic E-state index is 11.5. The highest BCUT2D eigenvalue weighted by Crippen LogP contribution is 2.15. The van der Waals surface area contributed by atoms with Gasteiger partial charge in [-0.25, -0.2) is 9.78 Å². The lowest BCUT2D eigenvalue weighted by molar-refractivity contribution is 0.0561. The van der Waals surface area contributed by atoms with Crippen LogP contribution in [0.15, 0.2) is 4.42 Å². The number of rotatable bonds is 7. The van der Waals surface area contributed by atoms with E-state index < -0.39 is 5.97 Å². The van der Waals surface area contributed by atoms with Crippen LogP contribution in [0.25, 0.3) is 0 Å². The predicted octanol–water partition coefficient (Wildman–Crippen LogP) is 1.99. The minimum atomic E-state index is -0.459. The maximum absolute atomic E-state index is 11.5. The third-order valence-electron chi connectivity index (χ3n) is 2.34. The summed E-state index contributed by atoms with van der Waals surface area (Å²) in [4.78, 5) is 15.8. The van der Waals surface area contributed by atoms with Gasteiger partial charge in [-0.2, -0.15) is 0 Å². The molecule has 0 aliphatic rings. The van der Waals surface area contributed by atoms with Crippen LogP contribution in [-0.2, 0) is 22.3 Å². The van der Waals surface area contributed by atoms with Gasteiger partial charge >= 0.3 is 5.97 Å². The normalized spacial score (nSPS) is 10.5. The number of carbonyl (C=O) groups excluding carboxylic acids is 1. The molecule has 0 radical (unpaired) electrons. The Kier molecular flexibility index (Phi) is 5.69. The molecule has 0 aliphatic heterocycles. The van der Waals surface area contributed by atoms with Gasteiger partial charge in [0.25, 0.3) is 0 Å². The van der Waals surface area contributed by atoms with Gasteiger partial charge in [-0.1, -0.05) is 13.3 Å². The number of hydrogen-bond donors (Lipinski definition) is 0. The van der Waals surface area contributed by atoms with Crippen molar-refractivity contribution in [3.63, 3.8) is 0 Å². The number of oxazole rings is 1. The van der Waals surface area contributed by atoms with Crippen molar-refractivity contribution in [2.45, 2.75) is 32.6 Å². The van der Waals surface area contributed by atoms with E-state index in [4.69, 9.17) is 9.15 Å². The first-order valence-electron chi connectivity index (χ1n) is 5.78. The van der Waals surface area contributed by atoms with Crippen molar-refractivity contribution < 1.29 is 18.7 Å². The molecule has 0 amide bonds. The fourth-order valence-electron chi connectivity index (χ4n) is 1.53. The molecule has 0 spiro atoms. The van der Waals surface area contributed by atoms with Gasteiger partial charge in [-0.3, -0.25) is 0 Å². The van der Waals surface area contributed by atoms with Crippen LogP contribution in [0.2, 0.25) is 0 Å². The quantitative estimate of drug-likeness (QED) is 0.539.